The van der Waals surface area contributed by atoms with Crippen LogP contribution in [0.1, 0.15) is 42.4 Å². The average molecular weight is 655 g/mol. The highest BCUT2D eigenvalue weighted by atomic mass is 35.5. The van der Waals surface area contributed by atoms with E-state index >= 15 is 0 Å². The van der Waals surface area contributed by atoms with Gasteiger partial charge >= 0.3 is 0 Å². The Morgan fingerprint density at radius 2 is 1.83 bits per heavy atom. The highest BCUT2D eigenvalue weighted by molar-refractivity contribution is 7.22. The number of halogens is 1. The standard InChI is InChI=1S/C35H31ClN4O5S/c1-15-11-17(5-9-25(15)41)29-19-7-8-20-28(32(43)37-31(20)42)22(19)13-23-33(44)40(34(45)35(23,29)3)27-14-24(38-39(27)4)30-16(2)21-12-18(36)6-10-26(21)46-30/h5-7,9-12,14,20,22-23,28-29,41H,8,13H2,1-4H3,(H,37,42,43). The van der Waals surface area contributed by atoms with Gasteiger partial charge in [0, 0.05) is 28.8 Å². The summed E-state index contributed by atoms with van der Waals surface area (Å²) in [6.45, 7) is 5.66. The summed E-state index contributed by atoms with van der Waals surface area (Å²) in [7, 11) is 1.73. The van der Waals surface area contributed by atoms with E-state index in [0.717, 1.165) is 31.7 Å². The number of carbonyl (C=O) groups is 4. The number of hydrogen-bond donors (Lipinski definition) is 2. The molecular weight excluding hydrogens is 624 g/mol. The van der Waals surface area contributed by atoms with Crippen molar-refractivity contribution in [2.24, 2.45) is 36.1 Å². The lowest BCUT2D eigenvalue weighted by molar-refractivity contribution is -0.131. The number of rotatable bonds is 3. The molecule has 2 aliphatic heterocycles. The smallest absolute Gasteiger partial charge is 0.242 e. The normalized spacial score (nSPS) is 28.8. The number of phenolic OH excluding ortho intramolecular Hbond substituents is 1. The molecule has 0 radical (unpaired) electrons. The van der Waals surface area contributed by atoms with Gasteiger partial charge in [-0.1, -0.05) is 35.4 Å². The Morgan fingerprint density at radius 3 is 2.59 bits per heavy atom. The monoisotopic (exact) mass is 654 g/mol. The Labute approximate surface area is 273 Å². The van der Waals surface area contributed by atoms with Crippen LogP contribution >= 0.6 is 22.9 Å². The van der Waals surface area contributed by atoms with Crippen molar-refractivity contribution in [2.45, 2.75) is 39.5 Å². The predicted molar refractivity (Wildman–Crippen MR) is 174 cm³/mol. The highest BCUT2D eigenvalue weighted by Gasteiger charge is 2.67. The number of carbonyl (C=O) groups excluding carboxylic acids is 4. The van der Waals surface area contributed by atoms with Gasteiger partial charge in [-0.25, -0.2) is 4.90 Å². The second kappa shape index (κ2) is 9.86. The summed E-state index contributed by atoms with van der Waals surface area (Å²) < 4.78 is 2.64. The van der Waals surface area contributed by atoms with Crippen molar-refractivity contribution in [1.29, 1.82) is 0 Å². The molecule has 8 rings (SSSR count). The molecule has 11 heteroatoms. The largest absolute Gasteiger partial charge is 0.508 e. The number of aromatic hydroxyl groups is 1. The quantitative estimate of drug-likeness (QED) is 0.213. The molecule has 2 aliphatic carbocycles. The Morgan fingerprint density at radius 1 is 1.04 bits per heavy atom. The predicted octanol–water partition coefficient (Wildman–Crippen LogP) is 5.80. The third-order valence-corrected chi connectivity index (χ3v) is 12.4. The molecule has 46 heavy (non-hydrogen) atoms. The summed E-state index contributed by atoms with van der Waals surface area (Å²) >= 11 is 7.85. The van der Waals surface area contributed by atoms with E-state index in [2.05, 4.69) is 5.32 Å². The topological polar surface area (TPSA) is 122 Å². The number of amides is 4. The summed E-state index contributed by atoms with van der Waals surface area (Å²) in [6, 6.07) is 12.8. The summed E-state index contributed by atoms with van der Waals surface area (Å²) in [5, 5.41) is 19.3. The van der Waals surface area contributed by atoms with Crippen molar-refractivity contribution in [3.63, 3.8) is 0 Å². The SMILES string of the molecule is Cc1cc(C2C3=CCC4C(=O)NC(=O)C4C3CC3C(=O)N(c4cc(-c5sc6ccc(Cl)cc6c5C)nn4C)C(=O)C32C)ccc1O. The number of aromatic nitrogens is 2. The van der Waals surface area contributed by atoms with Crippen LogP contribution in [-0.4, -0.2) is 38.5 Å². The number of allylic oxidation sites excluding steroid dienone is 2. The first-order valence-electron chi connectivity index (χ1n) is 15.4. The molecule has 2 saturated heterocycles. The van der Waals surface area contributed by atoms with Crippen molar-refractivity contribution in [3.8, 4) is 16.3 Å². The summed E-state index contributed by atoms with van der Waals surface area (Å²) in [5.74, 6) is -3.51. The van der Waals surface area contributed by atoms with Crippen LogP contribution in [0.4, 0.5) is 5.82 Å². The molecule has 3 fully saturated rings. The number of imide groups is 2. The number of phenols is 1. The van der Waals surface area contributed by atoms with Crippen LogP contribution in [0.2, 0.25) is 5.02 Å². The molecular formula is C35H31ClN4O5S. The minimum atomic E-state index is -1.18. The summed E-state index contributed by atoms with van der Waals surface area (Å²) in [5.41, 5.74) is 2.83. The molecule has 234 valence electrons. The first kappa shape index (κ1) is 29.1. The number of nitrogens with zero attached hydrogens (tertiary/aromatic N) is 3. The summed E-state index contributed by atoms with van der Waals surface area (Å²) in [4.78, 5) is 57.4. The lowest BCUT2D eigenvalue weighted by Gasteiger charge is -2.49. The molecule has 0 bridgehead atoms. The van der Waals surface area contributed by atoms with Gasteiger partial charge in [-0.3, -0.25) is 29.2 Å². The Kier molecular flexibility index (Phi) is 6.25. The van der Waals surface area contributed by atoms with Crippen molar-refractivity contribution in [1.82, 2.24) is 15.1 Å². The number of aryl methyl sites for hydroxylation is 3. The lowest BCUT2D eigenvalue weighted by Crippen LogP contribution is -2.48. The van der Waals surface area contributed by atoms with Gasteiger partial charge in [-0.15, -0.1) is 11.3 Å². The van der Waals surface area contributed by atoms with Gasteiger partial charge in [0.15, 0.2) is 0 Å². The van der Waals surface area contributed by atoms with Crippen molar-refractivity contribution in [2.75, 3.05) is 4.90 Å². The molecule has 2 aromatic carbocycles. The van der Waals surface area contributed by atoms with Gasteiger partial charge in [0.1, 0.15) is 17.3 Å². The fourth-order valence-corrected chi connectivity index (χ4v) is 9.92. The molecule has 4 heterocycles. The van der Waals surface area contributed by atoms with Gasteiger partial charge in [0.2, 0.25) is 23.6 Å². The minimum Gasteiger partial charge on any atom is -0.508 e. The molecule has 1 saturated carbocycles. The van der Waals surface area contributed by atoms with Crippen LogP contribution in [0.5, 0.6) is 5.75 Å². The molecule has 6 atom stereocenters. The molecule has 9 nitrogen and oxygen atoms in total. The molecule has 4 aromatic rings. The van der Waals surface area contributed by atoms with Crippen LogP contribution in [0.15, 0.2) is 54.1 Å². The zero-order valence-electron chi connectivity index (χ0n) is 25.6. The second-order valence-corrected chi connectivity index (χ2v) is 14.8. The van der Waals surface area contributed by atoms with E-state index in [9.17, 15) is 24.3 Å². The first-order valence-corrected chi connectivity index (χ1v) is 16.5. The molecule has 4 aliphatic rings. The van der Waals surface area contributed by atoms with Crippen molar-refractivity contribution in [3.05, 3.63) is 75.8 Å². The van der Waals surface area contributed by atoms with Crippen molar-refractivity contribution >= 4 is 62.5 Å². The Balaban J connectivity index is 1.26. The second-order valence-electron chi connectivity index (χ2n) is 13.3. The molecule has 2 aromatic heterocycles. The minimum absolute atomic E-state index is 0.132. The van der Waals surface area contributed by atoms with E-state index in [1.807, 2.05) is 44.2 Å². The van der Waals surface area contributed by atoms with E-state index in [0.29, 0.717) is 28.5 Å². The number of fused-ring (bicyclic) bond motifs is 5. The maximum atomic E-state index is 14.8. The Hall–Kier alpha value is -4.28. The third-order valence-electron chi connectivity index (χ3n) is 10.9. The van der Waals surface area contributed by atoms with E-state index in [1.54, 1.807) is 48.2 Å². The third kappa shape index (κ3) is 3.83. The fraction of sp³-hybridized carbons (Fsp3) is 0.343. The van der Waals surface area contributed by atoms with Gasteiger partial charge < -0.3 is 5.11 Å². The Bertz CT molecular complexity index is 2100. The molecule has 4 amide bonds. The van der Waals surface area contributed by atoms with Gasteiger partial charge in [0.05, 0.1) is 28.0 Å². The average Bonchev–Trinajstić information content (AvgIpc) is 3.70. The number of thiophene rings is 1. The van der Waals surface area contributed by atoms with E-state index in [4.69, 9.17) is 16.7 Å². The van der Waals surface area contributed by atoms with Gasteiger partial charge in [0.25, 0.3) is 0 Å². The number of benzene rings is 2. The van der Waals surface area contributed by atoms with Crippen molar-refractivity contribution < 1.29 is 24.3 Å². The number of anilines is 1. The summed E-state index contributed by atoms with van der Waals surface area (Å²) in [6.07, 6.45) is 2.68. The first-order chi connectivity index (χ1) is 21.9. The maximum absolute atomic E-state index is 14.8. The van der Waals surface area contributed by atoms with E-state index in [-0.39, 0.29) is 41.7 Å². The fourth-order valence-electron chi connectivity index (χ4n) is 8.60. The van der Waals surface area contributed by atoms with Crippen LogP contribution < -0.4 is 10.2 Å². The van der Waals surface area contributed by atoms with Gasteiger partial charge in [-0.05, 0) is 85.9 Å². The number of hydrogen-bond acceptors (Lipinski definition) is 7. The molecule has 0 spiro atoms. The van der Waals surface area contributed by atoms with Gasteiger partial charge in [-0.2, -0.15) is 5.10 Å². The van der Waals surface area contributed by atoms with Crippen LogP contribution in [0, 0.1) is 42.9 Å². The zero-order valence-corrected chi connectivity index (χ0v) is 27.2. The zero-order chi connectivity index (χ0) is 32.4. The van der Waals surface area contributed by atoms with Crippen LogP contribution in [0.3, 0.4) is 0 Å². The van der Waals surface area contributed by atoms with E-state index < -0.39 is 29.1 Å². The number of nitrogens with one attached hydrogen (secondary N) is 1. The maximum Gasteiger partial charge on any atom is 0.242 e. The van der Waals surface area contributed by atoms with Crippen LogP contribution in [0.25, 0.3) is 20.7 Å². The molecule has 2 N–H and O–H groups in total. The van der Waals surface area contributed by atoms with Crippen LogP contribution in [-0.2, 0) is 26.2 Å². The molecule has 6 unspecified atom stereocenters. The lowest BCUT2D eigenvalue weighted by atomic mass is 9.51. The van der Waals surface area contributed by atoms with E-state index in [1.165, 1.54) is 4.90 Å². The highest BCUT2D eigenvalue weighted by Crippen LogP contribution is 2.63.